The summed E-state index contributed by atoms with van der Waals surface area (Å²) in [4.78, 5) is 19.7. The molecule has 0 saturated heterocycles. The second kappa shape index (κ2) is 5.19. The van der Waals surface area contributed by atoms with E-state index < -0.39 is 0 Å². The average molecular weight is 296 g/mol. The van der Waals surface area contributed by atoms with E-state index in [0.29, 0.717) is 17.2 Å². The lowest BCUT2D eigenvalue weighted by Gasteiger charge is -2.09. The number of fused-ring (bicyclic) bond motifs is 1. The Bertz CT molecular complexity index is 822. The second-order valence-corrected chi connectivity index (χ2v) is 6.08. The maximum Gasteiger partial charge on any atom is 0.261 e. The number of amides is 1. The fourth-order valence-corrected chi connectivity index (χ4v) is 3.22. The van der Waals surface area contributed by atoms with E-state index in [4.69, 9.17) is 11.0 Å². The van der Waals surface area contributed by atoms with Crippen molar-refractivity contribution in [2.45, 2.75) is 18.6 Å². The lowest BCUT2D eigenvalue weighted by molar-refractivity contribution is -0.117. The summed E-state index contributed by atoms with van der Waals surface area (Å²) in [5, 5.41) is 10.1. The number of rotatable bonds is 2. The Morgan fingerprint density at radius 2 is 2.29 bits per heavy atom. The number of carbonyl (C=O) groups is 1. The van der Waals surface area contributed by atoms with Crippen LogP contribution in [0.15, 0.2) is 29.4 Å². The van der Waals surface area contributed by atoms with Crippen molar-refractivity contribution in [2.75, 3.05) is 0 Å². The van der Waals surface area contributed by atoms with Crippen molar-refractivity contribution < 1.29 is 4.79 Å². The van der Waals surface area contributed by atoms with Gasteiger partial charge >= 0.3 is 0 Å². The van der Waals surface area contributed by atoms with Crippen LogP contribution in [0, 0.1) is 18.3 Å². The van der Waals surface area contributed by atoms with Gasteiger partial charge in [-0.3, -0.25) is 9.78 Å². The van der Waals surface area contributed by atoms with Crippen molar-refractivity contribution in [3.63, 3.8) is 0 Å². The fourth-order valence-electron chi connectivity index (χ4n) is 2.36. The summed E-state index contributed by atoms with van der Waals surface area (Å²) in [7, 11) is 0. The molecule has 2 aromatic rings. The van der Waals surface area contributed by atoms with Crippen molar-refractivity contribution >= 4 is 33.7 Å². The molecule has 0 spiro atoms. The van der Waals surface area contributed by atoms with Gasteiger partial charge in [-0.1, -0.05) is 17.8 Å². The topological polar surface area (TPSA) is 92.1 Å². The fraction of sp³-hybridized carbons (Fsp3) is 0.200. The minimum Gasteiger partial charge on any atom is -0.378 e. The average Bonchev–Trinajstić information content (AvgIpc) is 2.78. The van der Waals surface area contributed by atoms with E-state index in [1.807, 2.05) is 25.1 Å². The van der Waals surface area contributed by atoms with Gasteiger partial charge in [0.25, 0.3) is 5.91 Å². The van der Waals surface area contributed by atoms with Crippen molar-refractivity contribution in [2.24, 2.45) is 10.7 Å². The molecule has 0 saturated carbocycles. The highest BCUT2D eigenvalue weighted by molar-refractivity contribution is 8.15. The highest BCUT2D eigenvalue weighted by atomic mass is 32.2. The molecular weight excluding hydrogens is 284 g/mol. The molecule has 1 aliphatic heterocycles. The molecule has 0 fully saturated rings. The van der Waals surface area contributed by atoms with Crippen LogP contribution in [0.4, 0.5) is 0 Å². The Hall–Kier alpha value is -2.39. The number of hydrogen-bond donors (Lipinski definition) is 1. The molecule has 1 amide bonds. The van der Waals surface area contributed by atoms with E-state index in [1.165, 1.54) is 11.8 Å². The van der Waals surface area contributed by atoms with Crippen LogP contribution in [-0.4, -0.2) is 21.3 Å². The number of carbonyl (C=O) groups excluding carboxylic acids is 1. The second-order valence-electron chi connectivity index (χ2n) is 4.86. The predicted octanol–water partition coefficient (Wildman–Crippen LogP) is 1.91. The minimum atomic E-state index is -0.255. The van der Waals surface area contributed by atoms with Gasteiger partial charge in [0, 0.05) is 11.6 Å². The number of benzene rings is 1. The highest BCUT2D eigenvalue weighted by Gasteiger charge is 2.27. The zero-order valence-electron chi connectivity index (χ0n) is 11.3. The third-order valence-corrected chi connectivity index (χ3v) is 4.49. The molecule has 1 aliphatic rings. The number of aryl methyl sites for hydroxylation is 1. The van der Waals surface area contributed by atoms with Crippen LogP contribution >= 0.6 is 11.8 Å². The summed E-state index contributed by atoms with van der Waals surface area (Å²) < 4.78 is 0. The largest absolute Gasteiger partial charge is 0.378 e. The molecule has 1 aromatic carbocycles. The Morgan fingerprint density at radius 3 is 2.95 bits per heavy atom. The molecule has 0 bridgehead atoms. The lowest BCUT2D eigenvalue weighted by Crippen LogP contribution is -2.14. The number of nitrogens with two attached hydrogens (primary N) is 1. The molecule has 2 N–H and O–H groups in total. The molecule has 2 heterocycles. The number of nitrogens with zero attached hydrogens (tertiary/aromatic N) is 3. The van der Waals surface area contributed by atoms with Crippen molar-refractivity contribution in [3.8, 4) is 6.07 Å². The number of hydrogen-bond acceptors (Lipinski definition) is 5. The van der Waals surface area contributed by atoms with Crippen LogP contribution in [0.2, 0.25) is 0 Å². The van der Waals surface area contributed by atoms with Crippen LogP contribution in [0.1, 0.15) is 16.7 Å². The van der Waals surface area contributed by atoms with E-state index in [0.717, 1.165) is 22.0 Å². The van der Waals surface area contributed by atoms with Gasteiger partial charge in [-0.05, 0) is 36.6 Å². The molecule has 1 aromatic heterocycles. The van der Waals surface area contributed by atoms with E-state index in [1.54, 1.807) is 6.20 Å². The Balaban J connectivity index is 1.96. The van der Waals surface area contributed by atoms with Crippen LogP contribution < -0.4 is 5.73 Å². The van der Waals surface area contributed by atoms with Crippen LogP contribution in [0.3, 0.4) is 0 Å². The number of pyridine rings is 1. The third-order valence-electron chi connectivity index (χ3n) is 3.50. The molecule has 104 valence electrons. The van der Waals surface area contributed by atoms with E-state index in [9.17, 15) is 4.79 Å². The molecule has 3 rings (SSSR count). The first-order chi connectivity index (χ1) is 10.1. The number of amidine groups is 1. The first-order valence-electron chi connectivity index (χ1n) is 6.41. The number of thioether (sulfide) groups is 1. The van der Waals surface area contributed by atoms with Gasteiger partial charge in [0.15, 0.2) is 5.17 Å². The lowest BCUT2D eigenvalue weighted by atomic mass is 10.0. The third kappa shape index (κ3) is 2.48. The zero-order chi connectivity index (χ0) is 15.0. The Morgan fingerprint density at radius 1 is 1.48 bits per heavy atom. The van der Waals surface area contributed by atoms with Gasteiger partial charge in [0.2, 0.25) is 0 Å². The van der Waals surface area contributed by atoms with Crippen molar-refractivity contribution in [1.82, 2.24) is 4.98 Å². The number of nitriles is 1. The van der Waals surface area contributed by atoms with E-state index in [2.05, 4.69) is 16.0 Å². The first-order valence-corrected chi connectivity index (χ1v) is 7.29. The Kier molecular flexibility index (Phi) is 3.35. The smallest absolute Gasteiger partial charge is 0.261 e. The van der Waals surface area contributed by atoms with Crippen LogP contribution in [0.25, 0.3) is 10.9 Å². The van der Waals surface area contributed by atoms with Crippen LogP contribution in [0.5, 0.6) is 0 Å². The molecule has 5 nitrogen and oxygen atoms in total. The van der Waals surface area contributed by atoms with Gasteiger partial charge in [-0.25, -0.2) is 0 Å². The molecule has 1 unspecified atom stereocenters. The Labute approximate surface area is 125 Å². The summed E-state index contributed by atoms with van der Waals surface area (Å²) in [5.74, 6) is -0.182. The SMILES string of the molecule is Cc1c(C#N)cnc2ccc(CC3SC(N)=NC3=O)cc12. The van der Waals surface area contributed by atoms with E-state index >= 15 is 0 Å². The van der Waals surface area contributed by atoms with E-state index in [-0.39, 0.29) is 11.2 Å². The highest BCUT2D eigenvalue weighted by Crippen LogP contribution is 2.26. The molecule has 0 aliphatic carbocycles. The van der Waals surface area contributed by atoms with Gasteiger partial charge in [0.05, 0.1) is 16.3 Å². The molecular formula is C15H12N4OS. The zero-order valence-corrected chi connectivity index (χ0v) is 12.1. The quantitative estimate of drug-likeness (QED) is 0.914. The molecule has 6 heteroatoms. The maximum absolute atomic E-state index is 11.7. The summed E-state index contributed by atoms with van der Waals surface area (Å²) >= 11 is 1.30. The normalized spacial score (nSPS) is 17.8. The predicted molar refractivity (Wildman–Crippen MR) is 82.9 cm³/mol. The molecule has 0 radical (unpaired) electrons. The van der Waals surface area contributed by atoms with Crippen molar-refractivity contribution in [3.05, 3.63) is 41.1 Å². The number of aliphatic imine (C=N–C) groups is 1. The monoisotopic (exact) mass is 296 g/mol. The summed E-state index contributed by atoms with van der Waals surface area (Å²) in [6, 6.07) is 7.98. The van der Waals surface area contributed by atoms with Gasteiger partial charge in [0.1, 0.15) is 6.07 Å². The first kappa shape index (κ1) is 13.6. The standard InChI is InChI=1S/C15H12N4OS/c1-8-10(6-16)7-18-12-3-2-9(4-11(8)12)5-13-14(20)19-15(17)21-13/h2-4,7,13H,5H2,1H3,(H2,17,19,20). The van der Waals surface area contributed by atoms with Gasteiger partial charge < -0.3 is 5.73 Å². The maximum atomic E-state index is 11.7. The number of aromatic nitrogens is 1. The molecule has 1 atom stereocenters. The van der Waals surface area contributed by atoms with Gasteiger partial charge in [-0.2, -0.15) is 10.3 Å². The summed E-state index contributed by atoms with van der Waals surface area (Å²) in [6.07, 6.45) is 2.15. The van der Waals surface area contributed by atoms with Crippen LogP contribution in [-0.2, 0) is 11.2 Å². The summed E-state index contributed by atoms with van der Waals surface area (Å²) in [5.41, 5.74) is 8.90. The minimum absolute atomic E-state index is 0.182. The van der Waals surface area contributed by atoms with Crippen molar-refractivity contribution in [1.29, 1.82) is 5.26 Å². The molecule has 21 heavy (non-hydrogen) atoms. The summed E-state index contributed by atoms with van der Waals surface area (Å²) in [6.45, 7) is 1.91. The van der Waals surface area contributed by atoms with Gasteiger partial charge in [-0.15, -0.1) is 0 Å².